The van der Waals surface area contributed by atoms with Gasteiger partial charge >= 0.3 is 0 Å². The van der Waals surface area contributed by atoms with E-state index in [1.807, 2.05) is 41.3 Å². The highest BCUT2D eigenvalue weighted by Gasteiger charge is 2.27. The van der Waals surface area contributed by atoms with Crippen molar-refractivity contribution in [1.82, 2.24) is 4.90 Å². The summed E-state index contributed by atoms with van der Waals surface area (Å²) in [7, 11) is 0. The number of benzene rings is 2. The van der Waals surface area contributed by atoms with Crippen LogP contribution in [0.5, 0.6) is 11.5 Å². The zero-order chi connectivity index (χ0) is 17.8. The largest absolute Gasteiger partial charge is 0.508 e. The molecule has 4 nitrogen and oxygen atoms in total. The van der Waals surface area contributed by atoms with Crippen LogP contribution in [0.1, 0.15) is 31.2 Å². The quantitative estimate of drug-likeness (QED) is 0.826. The van der Waals surface area contributed by atoms with Crippen molar-refractivity contribution in [1.29, 1.82) is 0 Å². The van der Waals surface area contributed by atoms with Gasteiger partial charge in [0.1, 0.15) is 11.5 Å². The van der Waals surface area contributed by atoms with Crippen molar-refractivity contribution in [3.63, 3.8) is 0 Å². The summed E-state index contributed by atoms with van der Waals surface area (Å²) >= 11 is 3.39. The number of ether oxygens (including phenoxy) is 1. The molecule has 2 aromatic rings. The Labute approximate surface area is 156 Å². The van der Waals surface area contributed by atoms with Gasteiger partial charge in [-0.1, -0.05) is 28.1 Å². The summed E-state index contributed by atoms with van der Waals surface area (Å²) in [6.07, 6.45) is 1.37. The lowest BCUT2D eigenvalue weighted by Crippen LogP contribution is -2.44. The molecule has 1 saturated heterocycles. The molecule has 0 spiro atoms. The van der Waals surface area contributed by atoms with Crippen molar-refractivity contribution >= 4 is 21.8 Å². The number of phenols is 1. The Morgan fingerprint density at radius 3 is 2.32 bits per heavy atom. The molecular formula is C20H22BrNO3. The van der Waals surface area contributed by atoms with Crippen LogP contribution in [0.25, 0.3) is 0 Å². The number of hydrogen-bond donors (Lipinski definition) is 1. The number of piperidine rings is 1. The van der Waals surface area contributed by atoms with E-state index in [0.29, 0.717) is 11.7 Å². The van der Waals surface area contributed by atoms with Crippen LogP contribution >= 0.6 is 15.9 Å². The van der Waals surface area contributed by atoms with Gasteiger partial charge in [-0.2, -0.15) is 0 Å². The van der Waals surface area contributed by atoms with Crippen molar-refractivity contribution in [2.75, 3.05) is 13.1 Å². The molecule has 0 saturated carbocycles. The third-order valence-corrected chi connectivity index (χ3v) is 5.17. The fourth-order valence-corrected chi connectivity index (χ4v) is 3.47. The van der Waals surface area contributed by atoms with Gasteiger partial charge in [0.25, 0.3) is 5.91 Å². The zero-order valence-corrected chi connectivity index (χ0v) is 15.8. The second-order valence-corrected chi connectivity index (χ2v) is 7.32. The molecule has 1 N–H and O–H groups in total. The molecule has 1 fully saturated rings. The van der Waals surface area contributed by atoms with Gasteiger partial charge in [0.05, 0.1) is 0 Å². The van der Waals surface area contributed by atoms with Crippen LogP contribution in [0.15, 0.2) is 53.0 Å². The van der Waals surface area contributed by atoms with E-state index in [2.05, 4.69) is 15.9 Å². The Kier molecular flexibility index (Phi) is 5.63. The lowest BCUT2D eigenvalue weighted by atomic mass is 9.89. The van der Waals surface area contributed by atoms with Gasteiger partial charge in [0.15, 0.2) is 6.10 Å². The smallest absolute Gasteiger partial charge is 0.263 e. The molecule has 25 heavy (non-hydrogen) atoms. The highest BCUT2D eigenvalue weighted by Crippen LogP contribution is 2.29. The molecule has 2 aromatic carbocycles. The molecular weight excluding hydrogens is 382 g/mol. The van der Waals surface area contributed by atoms with Crippen LogP contribution in [-0.4, -0.2) is 35.1 Å². The summed E-state index contributed by atoms with van der Waals surface area (Å²) in [6.45, 7) is 3.27. The average molecular weight is 404 g/mol. The first-order valence-electron chi connectivity index (χ1n) is 8.53. The molecule has 1 aliphatic rings. The number of rotatable bonds is 4. The Morgan fingerprint density at radius 1 is 1.12 bits per heavy atom. The van der Waals surface area contributed by atoms with E-state index in [0.717, 1.165) is 30.4 Å². The minimum atomic E-state index is -0.494. The van der Waals surface area contributed by atoms with Crippen molar-refractivity contribution in [2.45, 2.75) is 31.8 Å². The lowest BCUT2D eigenvalue weighted by Gasteiger charge is -2.33. The maximum atomic E-state index is 12.6. The number of halogens is 1. The minimum Gasteiger partial charge on any atom is -0.508 e. The molecule has 132 valence electrons. The molecule has 1 aliphatic heterocycles. The maximum Gasteiger partial charge on any atom is 0.263 e. The normalized spacial score (nSPS) is 16.5. The predicted octanol–water partition coefficient (Wildman–Crippen LogP) is 4.33. The number of amides is 1. The number of hydrogen-bond acceptors (Lipinski definition) is 3. The van der Waals surface area contributed by atoms with E-state index < -0.39 is 6.10 Å². The highest BCUT2D eigenvalue weighted by atomic mass is 79.9. The Balaban J connectivity index is 1.53. The number of aromatic hydroxyl groups is 1. The topological polar surface area (TPSA) is 49.8 Å². The summed E-state index contributed by atoms with van der Waals surface area (Å²) in [4.78, 5) is 14.5. The molecule has 0 unspecified atom stereocenters. The summed E-state index contributed by atoms with van der Waals surface area (Å²) in [5.41, 5.74) is 1.23. The lowest BCUT2D eigenvalue weighted by molar-refractivity contribution is -0.139. The average Bonchev–Trinajstić information content (AvgIpc) is 2.64. The molecule has 1 heterocycles. The third kappa shape index (κ3) is 4.54. The summed E-state index contributed by atoms with van der Waals surface area (Å²) < 4.78 is 6.75. The monoisotopic (exact) mass is 403 g/mol. The van der Waals surface area contributed by atoms with Gasteiger partial charge in [-0.15, -0.1) is 0 Å². The molecule has 5 heteroatoms. The van der Waals surface area contributed by atoms with E-state index in [-0.39, 0.29) is 11.7 Å². The second kappa shape index (κ2) is 7.91. The van der Waals surface area contributed by atoms with Crippen LogP contribution < -0.4 is 4.74 Å². The van der Waals surface area contributed by atoms with Crippen molar-refractivity contribution in [2.24, 2.45) is 0 Å². The molecule has 0 aromatic heterocycles. The van der Waals surface area contributed by atoms with E-state index >= 15 is 0 Å². The summed E-state index contributed by atoms with van der Waals surface area (Å²) in [5.74, 6) is 1.46. The zero-order valence-electron chi connectivity index (χ0n) is 14.2. The van der Waals surface area contributed by atoms with Gasteiger partial charge in [0.2, 0.25) is 0 Å². The SMILES string of the molecule is C[C@@H](Oc1ccc(Br)cc1)C(=O)N1CCC(c2ccc(O)cc2)CC1. The molecule has 0 aliphatic carbocycles. The molecule has 1 amide bonds. The van der Waals surface area contributed by atoms with E-state index in [1.54, 1.807) is 19.1 Å². The number of phenolic OH excluding ortho intramolecular Hbond substituents is 1. The molecule has 1 atom stereocenters. The van der Waals surface area contributed by atoms with Crippen LogP contribution in [0.4, 0.5) is 0 Å². The Morgan fingerprint density at radius 2 is 1.72 bits per heavy atom. The first kappa shape index (κ1) is 17.8. The molecule has 0 radical (unpaired) electrons. The van der Waals surface area contributed by atoms with E-state index in [1.165, 1.54) is 5.56 Å². The summed E-state index contributed by atoms with van der Waals surface area (Å²) in [5, 5.41) is 9.40. The van der Waals surface area contributed by atoms with Crippen LogP contribution in [0.3, 0.4) is 0 Å². The minimum absolute atomic E-state index is 0.0343. The van der Waals surface area contributed by atoms with Crippen molar-refractivity contribution in [3.05, 3.63) is 58.6 Å². The Bertz CT molecular complexity index is 707. The standard InChI is InChI=1S/C20H22BrNO3/c1-14(25-19-8-4-17(21)5-9-19)20(24)22-12-10-16(11-13-22)15-2-6-18(23)7-3-15/h2-9,14,16,23H,10-13H2,1H3/t14-/m1/s1. The fourth-order valence-electron chi connectivity index (χ4n) is 3.20. The first-order valence-corrected chi connectivity index (χ1v) is 9.32. The van der Waals surface area contributed by atoms with E-state index in [4.69, 9.17) is 4.74 Å². The first-order chi connectivity index (χ1) is 12.0. The second-order valence-electron chi connectivity index (χ2n) is 6.41. The van der Waals surface area contributed by atoms with Crippen molar-refractivity contribution < 1.29 is 14.6 Å². The van der Waals surface area contributed by atoms with Crippen LogP contribution in [-0.2, 0) is 4.79 Å². The maximum absolute atomic E-state index is 12.6. The van der Waals surface area contributed by atoms with Gasteiger partial charge in [-0.05, 0) is 67.6 Å². The third-order valence-electron chi connectivity index (χ3n) is 4.65. The van der Waals surface area contributed by atoms with Gasteiger partial charge in [-0.3, -0.25) is 4.79 Å². The van der Waals surface area contributed by atoms with Crippen molar-refractivity contribution in [3.8, 4) is 11.5 Å². The van der Waals surface area contributed by atoms with Gasteiger partial charge < -0.3 is 14.7 Å². The summed E-state index contributed by atoms with van der Waals surface area (Å²) in [6, 6.07) is 14.9. The predicted molar refractivity (Wildman–Crippen MR) is 101 cm³/mol. The van der Waals surface area contributed by atoms with E-state index in [9.17, 15) is 9.90 Å². The van der Waals surface area contributed by atoms with Crippen LogP contribution in [0.2, 0.25) is 0 Å². The van der Waals surface area contributed by atoms with Gasteiger partial charge in [0, 0.05) is 17.6 Å². The van der Waals surface area contributed by atoms with Crippen LogP contribution in [0, 0.1) is 0 Å². The molecule has 3 rings (SSSR count). The number of likely N-dealkylation sites (tertiary alicyclic amines) is 1. The number of carbonyl (C=O) groups is 1. The highest BCUT2D eigenvalue weighted by molar-refractivity contribution is 9.10. The number of carbonyl (C=O) groups excluding carboxylic acids is 1. The number of nitrogens with zero attached hydrogens (tertiary/aromatic N) is 1. The molecule has 0 bridgehead atoms. The van der Waals surface area contributed by atoms with Gasteiger partial charge in [-0.25, -0.2) is 0 Å². The Hall–Kier alpha value is -2.01. The fraction of sp³-hybridized carbons (Fsp3) is 0.350.